The summed E-state index contributed by atoms with van der Waals surface area (Å²) in [4.78, 5) is 24.4. The highest BCUT2D eigenvalue weighted by atomic mass is 35.5. The summed E-state index contributed by atoms with van der Waals surface area (Å²) in [5.74, 6) is -0.280. The van der Waals surface area contributed by atoms with Crippen LogP contribution in [0.5, 0.6) is 0 Å². The van der Waals surface area contributed by atoms with Crippen molar-refractivity contribution in [1.82, 2.24) is 10.2 Å². The Morgan fingerprint density at radius 2 is 2.20 bits per heavy atom. The largest absolute Gasteiger partial charge is 0.465 e. The molecule has 20 heavy (non-hydrogen) atoms. The van der Waals surface area contributed by atoms with Crippen LogP contribution >= 0.6 is 23.2 Å². The first kappa shape index (κ1) is 14.9. The third-order valence-corrected chi connectivity index (χ3v) is 4.26. The summed E-state index contributed by atoms with van der Waals surface area (Å²) in [6.07, 6.45) is -0.705. The number of nitrogens with zero attached hydrogens (tertiary/aromatic N) is 1. The van der Waals surface area contributed by atoms with Gasteiger partial charge >= 0.3 is 6.09 Å². The normalized spacial score (nSPS) is 19.6. The van der Waals surface area contributed by atoms with E-state index in [1.165, 1.54) is 0 Å². The standard InChI is InChI=1S/C13H14Cl2N2O3/c1-7(8-3-2-4-9(14)11(8)15)17(13(19)20)10-5-6-16-12(10)18/h2-4,7,10H,5-6H2,1H3,(H,16,18)(H,19,20)/t7?,10-/m0/s1. The summed E-state index contributed by atoms with van der Waals surface area (Å²) in [6.45, 7) is 2.17. The minimum atomic E-state index is -1.16. The van der Waals surface area contributed by atoms with Crippen LogP contribution < -0.4 is 5.32 Å². The molecular formula is C13H14Cl2N2O3. The number of halogens is 2. The first-order valence-corrected chi connectivity index (χ1v) is 6.92. The van der Waals surface area contributed by atoms with Gasteiger partial charge in [0.25, 0.3) is 0 Å². The van der Waals surface area contributed by atoms with Gasteiger partial charge in [-0.25, -0.2) is 4.79 Å². The Morgan fingerprint density at radius 3 is 2.75 bits per heavy atom. The van der Waals surface area contributed by atoms with Gasteiger partial charge in [0.05, 0.1) is 16.1 Å². The second kappa shape index (κ2) is 5.89. The smallest absolute Gasteiger partial charge is 0.408 e. The zero-order valence-electron chi connectivity index (χ0n) is 10.8. The SMILES string of the molecule is CC(c1cccc(Cl)c1Cl)N(C(=O)O)[C@H]1CCNC1=O. The van der Waals surface area contributed by atoms with Gasteiger partial charge in [-0.05, 0) is 25.0 Å². The Labute approximate surface area is 126 Å². The van der Waals surface area contributed by atoms with Crippen LogP contribution in [0.1, 0.15) is 24.9 Å². The van der Waals surface area contributed by atoms with Crippen LogP contribution in [0.4, 0.5) is 4.79 Å². The van der Waals surface area contributed by atoms with Gasteiger partial charge in [0.2, 0.25) is 5.91 Å². The molecule has 1 aromatic carbocycles. The van der Waals surface area contributed by atoms with E-state index in [9.17, 15) is 14.7 Å². The fourth-order valence-corrected chi connectivity index (χ4v) is 2.87. The minimum Gasteiger partial charge on any atom is -0.465 e. The summed E-state index contributed by atoms with van der Waals surface area (Å²) < 4.78 is 0. The molecule has 1 aliphatic heterocycles. The van der Waals surface area contributed by atoms with Gasteiger partial charge in [-0.1, -0.05) is 35.3 Å². The molecule has 0 radical (unpaired) electrons. The summed E-state index contributed by atoms with van der Waals surface area (Å²) >= 11 is 12.1. The molecule has 2 N–H and O–H groups in total. The van der Waals surface area contributed by atoms with Crippen molar-refractivity contribution in [3.05, 3.63) is 33.8 Å². The summed E-state index contributed by atoms with van der Waals surface area (Å²) in [6, 6.07) is 3.79. The highest BCUT2D eigenvalue weighted by Crippen LogP contribution is 2.34. The first-order valence-electron chi connectivity index (χ1n) is 6.16. The van der Waals surface area contributed by atoms with Gasteiger partial charge in [0.15, 0.2) is 0 Å². The maximum atomic E-state index is 11.7. The molecule has 0 spiro atoms. The van der Waals surface area contributed by atoms with Crippen molar-refractivity contribution in [3.8, 4) is 0 Å². The van der Waals surface area contributed by atoms with Crippen LogP contribution in [0.2, 0.25) is 10.0 Å². The van der Waals surface area contributed by atoms with Gasteiger partial charge < -0.3 is 10.4 Å². The molecule has 0 aromatic heterocycles. The number of hydrogen-bond donors (Lipinski definition) is 2. The molecule has 0 saturated carbocycles. The molecule has 2 amide bonds. The monoisotopic (exact) mass is 316 g/mol. The van der Waals surface area contributed by atoms with E-state index in [0.717, 1.165) is 4.90 Å². The molecule has 1 unspecified atom stereocenters. The number of benzene rings is 1. The van der Waals surface area contributed by atoms with E-state index in [-0.39, 0.29) is 5.91 Å². The predicted octanol–water partition coefficient (Wildman–Crippen LogP) is 2.92. The van der Waals surface area contributed by atoms with Crippen LogP contribution in [0.25, 0.3) is 0 Å². The number of carbonyl (C=O) groups is 2. The van der Waals surface area contributed by atoms with E-state index in [1.54, 1.807) is 25.1 Å². The minimum absolute atomic E-state index is 0.280. The van der Waals surface area contributed by atoms with Crippen molar-refractivity contribution in [2.75, 3.05) is 6.54 Å². The van der Waals surface area contributed by atoms with Gasteiger partial charge in [-0.15, -0.1) is 0 Å². The summed E-state index contributed by atoms with van der Waals surface area (Å²) in [5, 5.41) is 12.7. The van der Waals surface area contributed by atoms with Gasteiger partial charge in [-0.2, -0.15) is 0 Å². The number of carbonyl (C=O) groups excluding carboxylic acids is 1. The van der Waals surface area contributed by atoms with Gasteiger partial charge in [0, 0.05) is 6.54 Å². The average molecular weight is 317 g/mol. The molecular weight excluding hydrogens is 303 g/mol. The molecule has 1 fully saturated rings. The Hall–Kier alpha value is -1.46. The Bertz CT molecular complexity index is 550. The van der Waals surface area contributed by atoms with E-state index in [4.69, 9.17) is 23.2 Å². The fraction of sp³-hybridized carbons (Fsp3) is 0.385. The number of rotatable bonds is 3. The maximum Gasteiger partial charge on any atom is 0.408 e. The predicted molar refractivity (Wildman–Crippen MR) is 76.2 cm³/mol. The fourth-order valence-electron chi connectivity index (χ4n) is 2.41. The second-order valence-corrected chi connectivity index (χ2v) is 5.39. The highest BCUT2D eigenvalue weighted by molar-refractivity contribution is 6.42. The summed E-state index contributed by atoms with van der Waals surface area (Å²) in [5.41, 5.74) is 0.585. The molecule has 1 aliphatic rings. The number of amides is 2. The molecule has 7 heteroatoms. The number of nitrogens with one attached hydrogen (secondary N) is 1. The Kier molecular flexibility index (Phi) is 4.40. The molecule has 1 aromatic rings. The first-order chi connectivity index (χ1) is 9.43. The average Bonchev–Trinajstić information content (AvgIpc) is 2.79. The maximum absolute atomic E-state index is 11.7. The number of hydrogen-bond acceptors (Lipinski definition) is 2. The molecule has 5 nitrogen and oxygen atoms in total. The van der Waals surface area contributed by atoms with E-state index in [2.05, 4.69) is 5.32 Å². The molecule has 0 aliphatic carbocycles. The van der Waals surface area contributed by atoms with Crippen molar-refractivity contribution < 1.29 is 14.7 Å². The van der Waals surface area contributed by atoms with Crippen LogP contribution in [0, 0.1) is 0 Å². The lowest BCUT2D eigenvalue weighted by molar-refractivity contribution is -0.123. The van der Waals surface area contributed by atoms with Crippen molar-refractivity contribution in [3.63, 3.8) is 0 Å². The molecule has 2 rings (SSSR count). The molecule has 1 heterocycles. The van der Waals surface area contributed by atoms with E-state index >= 15 is 0 Å². The van der Waals surface area contributed by atoms with E-state index < -0.39 is 18.2 Å². The van der Waals surface area contributed by atoms with Crippen molar-refractivity contribution >= 4 is 35.2 Å². The molecule has 2 atom stereocenters. The molecule has 108 valence electrons. The van der Waals surface area contributed by atoms with Crippen LogP contribution in [-0.2, 0) is 4.79 Å². The highest BCUT2D eigenvalue weighted by Gasteiger charge is 2.37. The Balaban J connectivity index is 2.36. The third kappa shape index (κ3) is 2.69. The zero-order valence-corrected chi connectivity index (χ0v) is 12.3. The van der Waals surface area contributed by atoms with Crippen LogP contribution in [-0.4, -0.2) is 34.6 Å². The third-order valence-electron chi connectivity index (χ3n) is 3.43. The zero-order chi connectivity index (χ0) is 14.9. The van der Waals surface area contributed by atoms with Gasteiger partial charge in [-0.3, -0.25) is 9.69 Å². The topological polar surface area (TPSA) is 69.6 Å². The van der Waals surface area contributed by atoms with E-state index in [0.29, 0.717) is 28.6 Å². The van der Waals surface area contributed by atoms with Crippen LogP contribution in [0.3, 0.4) is 0 Å². The Morgan fingerprint density at radius 1 is 1.50 bits per heavy atom. The van der Waals surface area contributed by atoms with Crippen molar-refractivity contribution in [2.45, 2.75) is 25.4 Å². The second-order valence-electron chi connectivity index (χ2n) is 4.60. The van der Waals surface area contributed by atoms with Crippen molar-refractivity contribution in [2.24, 2.45) is 0 Å². The lowest BCUT2D eigenvalue weighted by Crippen LogP contribution is -2.45. The molecule has 0 bridgehead atoms. The summed E-state index contributed by atoms with van der Waals surface area (Å²) in [7, 11) is 0. The molecule has 1 saturated heterocycles. The quantitative estimate of drug-likeness (QED) is 0.900. The lowest BCUT2D eigenvalue weighted by atomic mass is 10.0. The van der Waals surface area contributed by atoms with Crippen LogP contribution in [0.15, 0.2) is 18.2 Å². The van der Waals surface area contributed by atoms with Crippen molar-refractivity contribution in [1.29, 1.82) is 0 Å². The number of carboxylic acid groups (broad SMARTS) is 1. The lowest BCUT2D eigenvalue weighted by Gasteiger charge is -2.31. The van der Waals surface area contributed by atoms with Gasteiger partial charge in [0.1, 0.15) is 6.04 Å². The van der Waals surface area contributed by atoms with E-state index in [1.807, 2.05) is 0 Å².